The zero-order chi connectivity index (χ0) is 7.84. The van der Waals surface area contributed by atoms with E-state index in [-0.39, 0.29) is 0 Å². The molecule has 0 nitrogen and oxygen atoms in total. The minimum Gasteiger partial charge on any atom is -0.0812 e. The molecule has 2 rings (SSSR count). The Bertz CT molecular complexity index is 292. The van der Waals surface area contributed by atoms with Crippen LogP contribution in [-0.2, 0) is 17.3 Å². The number of hydrogen-bond donors (Lipinski definition) is 0. The van der Waals surface area contributed by atoms with Crippen LogP contribution in [0.25, 0.3) is 0 Å². The number of fused-ring (bicyclic) bond motifs is 1. The van der Waals surface area contributed by atoms with Crippen LogP contribution in [0.4, 0.5) is 0 Å². The van der Waals surface area contributed by atoms with Crippen molar-refractivity contribution in [3.05, 3.63) is 32.4 Å². The normalized spacial score (nSPS) is 14.0. The van der Waals surface area contributed by atoms with Crippen LogP contribution in [0.5, 0.6) is 0 Å². The van der Waals surface area contributed by atoms with E-state index in [4.69, 9.17) is 0 Å². The summed E-state index contributed by atoms with van der Waals surface area (Å²) in [6, 6.07) is 4.51. The maximum Gasteiger partial charge on any atom is 0.0249 e. The lowest BCUT2D eigenvalue weighted by Gasteiger charge is -2.23. The molecule has 0 N–H and O–H groups in total. The first-order chi connectivity index (χ1) is 5.33. The fraction of sp³-hybridized carbons (Fsp3) is 0.333. The van der Waals surface area contributed by atoms with E-state index in [2.05, 4.69) is 57.3 Å². The highest BCUT2D eigenvalue weighted by Crippen LogP contribution is 2.31. The summed E-state index contributed by atoms with van der Waals surface area (Å²) >= 11 is 4.87. The van der Waals surface area contributed by atoms with Gasteiger partial charge in [0.05, 0.1) is 0 Å². The lowest BCUT2D eigenvalue weighted by molar-refractivity contribution is 0.819. The van der Waals surface area contributed by atoms with Crippen molar-refractivity contribution in [1.29, 1.82) is 0 Å². The third-order valence-electron chi connectivity index (χ3n) is 2.24. The molecule has 1 aromatic rings. The van der Waals surface area contributed by atoms with Crippen LogP contribution in [0.3, 0.4) is 0 Å². The molecule has 58 valence electrons. The molecule has 0 unspecified atom stereocenters. The number of hydrogen-bond acceptors (Lipinski definition) is 0. The smallest absolute Gasteiger partial charge is 0.0249 e. The highest BCUT2D eigenvalue weighted by atomic mass is 127. The molecule has 0 saturated heterocycles. The van der Waals surface area contributed by atoms with Gasteiger partial charge in [0.2, 0.25) is 0 Å². The summed E-state index contributed by atoms with van der Waals surface area (Å²) in [6.45, 7) is 0. The van der Waals surface area contributed by atoms with Crippen molar-refractivity contribution in [3.8, 4) is 0 Å². The molecule has 0 amide bonds. The maximum atomic E-state index is 2.44. The van der Waals surface area contributed by atoms with E-state index in [0.29, 0.717) is 0 Å². The second kappa shape index (κ2) is 3.20. The van der Waals surface area contributed by atoms with Crippen molar-refractivity contribution < 1.29 is 0 Å². The summed E-state index contributed by atoms with van der Waals surface area (Å²) in [5.41, 5.74) is 4.79. The number of halogens is 2. The van der Waals surface area contributed by atoms with Gasteiger partial charge in [0, 0.05) is 8.00 Å². The zero-order valence-electron chi connectivity index (χ0n) is 6.03. The third-order valence-corrected chi connectivity index (χ3v) is 4.07. The molecule has 0 radical (unpaired) electrons. The van der Waals surface area contributed by atoms with Crippen LogP contribution in [0, 0.1) is 3.57 Å². The van der Waals surface area contributed by atoms with E-state index in [1.54, 1.807) is 16.7 Å². The average Bonchev–Trinajstić information content (AvgIpc) is 1.93. The molecule has 1 aliphatic rings. The summed E-state index contributed by atoms with van der Waals surface area (Å²) in [4.78, 5) is 0. The maximum absolute atomic E-state index is 2.44. The Balaban J connectivity index is 2.55. The van der Waals surface area contributed by atoms with E-state index in [9.17, 15) is 0 Å². The first-order valence-electron chi connectivity index (χ1n) is 3.68. The second-order valence-electron chi connectivity index (χ2n) is 2.80. The van der Waals surface area contributed by atoms with Gasteiger partial charge in [-0.1, -0.05) is 28.7 Å². The standard InChI is InChI=1S/C9H8I2/c10-5-6-1-4-9(11)8-3-2-7(6)8/h1,4H,2-3,5H2. The molecule has 0 spiro atoms. The molecule has 1 aromatic carbocycles. The fourth-order valence-electron chi connectivity index (χ4n) is 1.49. The number of benzene rings is 1. The van der Waals surface area contributed by atoms with Crippen molar-refractivity contribution >= 4 is 45.2 Å². The van der Waals surface area contributed by atoms with Crippen LogP contribution >= 0.6 is 45.2 Å². The molecule has 0 aromatic heterocycles. The van der Waals surface area contributed by atoms with Gasteiger partial charge in [-0.3, -0.25) is 0 Å². The molecule has 1 aliphatic carbocycles. The van der Waals surface area contributed by atoms with Crippen molar-refractivity contribution in [2.24, 2.45) is 0 Å². The molecule has 0 bridgehead atoms. The first kappa shape index (κ1) is 8.29. The van der Waals surface area contributed by atoms with E-state index in [1.165, 1.54) is 16.4 Å². The van der Waals surface area contributed by atoms with Gasteiger partial charge in [0.25, 0.3) is 0 Å². The molecule has 11 heavy (non-hydrogen) atoms. The van der Waals surface area contributed by atoms with Gasteiger partial charge in [-0.2, -0.15) is 0 Å². The monoisotopic (exact) mass is 370 g/mol. The van der Waals surface area contributed by atoms with Gasteiger partial charge < -0.3 is 0 Å². The highest BCUT2D eigenvalue weighted by molar-refractivity contribution is 14.1. The van der Waals surface area contributed by atoms with E-state index in [1.807, 2.05) is 0 Å². The molecule has 2 heteroatoms. The first-order valence-corrected chi connectivity index (χ1v) is 6.28. The Labute approximate surface area is 94.0 Å². The van der Waals surface area contributed by atoms with Gasteiger partial charge in [-0.05, 0) is 58.2 Å². The van der Waals surface area contributed by atoms with Gasteiger partial charge in [-0.15, -0.1) is 0 Å². The summed E-state index contributed by atoms with van der Waals surface area (Å²) < 4.78 is 2.62. The van der Waals surface area contributed by atoms with Gasteiger partial charge in [0.1, 0.15) is 0 Å². The van der Waals surface area contributed by atoms with Crippen LogP contribution in [0.1, 0.15) is 16.7 Å². The summed E-state index contributed by atoms with van der Waals surface area (Å²) in [7, 11) is 0. The van der Waals surface area contributed by atoms with Crippen LogP contribution in [-0.4, -0.2) is 0 Å². The third kappa shape index (κ3) is 1.32. The molecular formula is C9H8I2. The van der Waals surface area contributed by atoms with E-state index in [0.717, 1.165) is 4.43 Å². The summed E-state index contributed by atoms with van der Waals surface area (Å²) in [6.07, 6.45) is 2.61. The number of alkyl halides is 1. The molecule has 0 aliphatic heterocycles. The van der Waals surface area contributed by atoms with Crippen LogP contribution in [0.15, 0.2) is 12.1 Å². The summed E-state index contributed by atoms with van der Waals surface area (Å²) in [5, 5.41) is 0. The fourth-order valence-corrected chi connectivity index (χ4v) is 2.98. The summed E-state index contributed by atoms with van der Waals surface area (Å²) in [5.74, 6) is 0. The lowest BCUT2D eigenvalue weighted by Crippen LogP contribution is -2.13. The SMILES string of the molecule is ICc1ccc(I)c2c1CC2. The van der Waals surface area contributed by atoms with Gasteiger partial charge in [0.15, 0.2) is 0 Å². The minimum absolute atomic E-state index is 1.16. The van der Waals surface area contributed by atoms with Crippen LogP contribution in [0.2, 0.25) is 0 Å². The Morgan fingerprint density at radius 1 is 1.18 bits per heavy atom. The number of rotatable bonds is 1. The van der Waals surface area contributed by atoms with Crippen molar-refractivity contribution in [2.75, 3.05) is 0 Å². The topological polar surface area (TPSA) is 0 Å². The molecule has 0 saturated carbocycles. The molecule has 0 atom stereocenters. The predicted molar refractivity (Wildman–Crippen MR) is 64.3 cm³/mol. The Morgan fingerprint density at radius 2 is 1.91 bits per heavy atom. The quantitative estimate of drug-likeness (QED) is 0.526. The van der Waals surface area contributed by atoms with Crippen molar-refractivity contribution in [1.82, 2.24) is 0 Å². The highest BCUT2D eigenvalue weighted by Gasteiger charge is 2.18. The predicted octanol–water partition coefficient (Wildman–Crippen LogP) is 3.32. The van der Waals surface area contributed by atoms with E-state index < -0.39 is 0 Å². The zero-order valence-corrected chi connectivity index (χ0v) is 10.3. The van der Waals surface area contributed by atoms with Gasteiger partial charge in [-0.25, -0.2) is 0 Å². The Morgan fingerprint density at radius 3 is 2.45 bits per heavy atom. The van der Waals surface area contributed by atoms with Crippen LogP contribution < -0.4 is 0 Å². The minimum atomic E-state index is 1.16. The Kier molecular flexibility index (Phi) is 2.41. The molecule has 0 fully saturated rings. The largest absolute Gasteiger partial charge is 0.0812 e. The second-order valence-corrected chi connectivity index (χ2v) is 4.72. The average molecular weight is 370 g/mol. The molecule has 0 heterocycles. The van der Waals surface area contributed by atoms with E-state index >= 15 is 0 Å². The molecular weight excluding hydrogens is 362 g/mol. The Hall–Kier alpha value is 0.680. The van der Waals surface area contributed by atoms with Crippen molar-refractivity contribution in [3.63, 3.8) is 0 Å². The van der Waals surface area contributed by atoms with Gasteiger partial charge >= 0.3 is 0 Å². The lowest BCUT2D eigenvalue weighted by atomic mass is 9.85. The van der Waals surface area contributed by atoms with Crippen molar-refractivity contribution in [2.45, 2.75) is 17.3 Å².